The first-order valence-electron chi connectivity index (χ1n) is 15.9. The number of hydrogen-bond donors (Lipinski definition) is 0. The maximum absolute atomic E-state index is 14.5. The van der Waals surface area contributed by atoms with Gasteiger partial charge >= 0.3 is 0 Å². The van der Waals surface area contributed by atoms with Crippen LogP contribution in [-0.4, -0.2) is 29.0 Å². The van der Waals surface area contributed by atoms with Gasteiger partial charge in [-0.2, -0.15) is 0 Å². The van der Waals surface area contributed by atoms with Crippen molar-refractivity contribution in [3.63, 3.8) is 0 Å². The molecule has 2 heterocycles. The number of halogens is 2. The van der Waals surface area contributed by atoms with E-state index in [2.05, 4.69) is 62.9 Å². The summed E-state index contributed by atoms with van der Waals surface area (Å²) in [5, 5.41) is 0. The third kappa shape index (κ3) is 7.08. The maximum atomic E-state index is 14.5. The molecule has 2 nitrogen and oxygen atoms in total. The van der Waals surface area contributed by atoms with E-state index in [1.807, 2.05) is 6.07 Å². The van der Waals surface area contributed by atoms with Gasteiger partial charge in [-0.1, -0.05) is 43.7 Å². The molecule has 2 fully saturated rings. The van der Waals surface area contributed by atoms with Crippen molar-refractivity contribution in [3.8, 4) is 0 Å². The summed E-state index contributed by atoms with van der Waals surface area (Å²) in [7, 11) is 0. The average Bonchev–Trinajstić information content (AvgIpc) is 2.93. The molecule has 220 valence electrons. The summed E-state index contributed by atoms with van der Waals surface area (Å²) in [5.41, 5.74) is 7.24. The van der Waals surface area contributed by atoms with Gasteiger partial charge in [0.25, 0.3) is 0 Å². The van der Waals surface area contributed by atoms with Crippen LogP contribution < -0.4 is 0 Å². The highest BCUT2D eigenvalue weighted by Gasteiger charge is 2.41. The molecule has 0 amide bonds. The Morgan fingerprint density at radius 2 is 1.61 bits per heavy atom. The minimum Gasteiger partial charge on any atom is -0.300 e. The van der Waals surface area contributed by atoms with Crippen LogP contribution in [0.3, 0.4) is 0 Å². The molecule has 0 spiro atoms. The lowest BCUT2D eigenvalue weighted by Crippen LogP contribution is -2.52. The van der Waals surface area contributed by atoms with Crippen LogP contribution in [0.4, 0.5) is 8.78 Å². The number of aromatic nitrogens is 1. The van der Waals surface area contributed by atoms with Crippen molar-refractivity contribution in [2.24, 2.45) is 17.8 Å². The van der Waals surface area contributed by atoms with E-state index in [0.29, 0.717) is 41.8 Å². The normalized spacial score (nSPS) is 20.8. The van der Waals surface area contributed by atoms with Crippen LogP contribution in [-0.2, 0) is 19.3 Å². The average molecular weight is 559 g/mol. The lowest BCUT2D eigenvalue weighted by molar-refractivity contribution is 0.00172. The summed E-state index contributed by atoms with van der Waals surface area (Å²) in [6, 6.07) is 16.4. The summed E-state index contributed by atoms with van der Waals surface area (Å²) in [5.74, 6) is 2.11. The van der Waals surface area contributed by atoms with Gasteiger partial charge in [-0.25, -0.2) is 8.78 Å². The molecular formula is C37H48F2N2. The monoisotopic (exact) mass is 558 g/mol. The number of likely N-dealkylation sites (tertiary alicyclic amines) is 1. The van der Waals surface area contributed by atoms with Crippen molar-refractivity contribution < 1.29 is 8.78 Å². The first-order chi connectivity index (χ1) is 19.7. The molecule has 3 unspecified atom stereocenters. The molecule has 41 heavy (non-hydrogen) atoms. The van der Waals surface area contributed by atoms with E-state index in [1.165, 1.54) is 54.5 Å². The van der Waals surface area contributed by atoms with E-state index in [9.17, 15) is 8.78 Å². The molecule has 1 aromatic heterocycles. The van der Waals surface area contributed by atoms with Crippen LogP contribution in [0.1, 0.15) is 91.1 Å². The van der Waals surface area contributed by atoms with Gasteiger partial charge in [0.15, 0.2) is 0 Å². The number of benzene rings is 2. The highest BCUT2D eigenvalue weighted by molar-refractivity contribution is 5.30. The van der Waals surface area contributed by atoms with Crippen LogP contribution in [0, 0.1) is 50.2 Å². The molecule has 1 saturated heterocycles. The van der Waals surface area contributed by atoms with E-state index in [-0.39, 0.29) is 11.6 Å². The zero-order valence-electron chi connectivity index (χ0n) is 25.7. The number of rotatable bonds is 10. The number of piperidine rings is 1. The number of nitrogens with zero attached hydrogens (tertiary/aromatic N) is 2. The SMILES string of the molecule is Cc1ccc(CCC2CCC2C(C(C)C)N2CCC(c3cccc(CCc4cc(F)cc(C)c4F)n3)CC2)c(C)c1. The second kappa shape index (κ2) is 13.2. The fraction of sp³-hybridized carbons (Fsp3) is 0.541. The van der Waals surface area contributed by atoms with Crippen molar-refractivity contribution in [2.45, 2.75) is 97.9 Å². The maximum Gasteiger partial charge on any atom is 0.129 e. The van der Waals surface area contributed by atoms with Crippen molar-refractivity contribution in [3.05, 3.63) is 99.4 Å². The summed E-state index contributed by atoms with van der Waals surface area (Å²) in [6.45, 7) is 13.2. The highest BCUT2D eigenvalue weighted by Crippen LogP contribution is 2.45. The summed E-state index contributed by atoms with van der Waals surface area (Å²) < 4.78 is 28.3. The van der Waals surface area contributed by atoms with Crippen LogP contribution in [0.25, 0.3) is 0 Å². The lowest BCUT2D eigenvalue weighted by atomic mass is 9.64. The standard InChI is InChI=1S/C37H48F2N2/c1-24(2)37(34-16-14-29(34)12-11-28-10-9-25(3)21-26(28)4)41-19-17-30(18-20-41)35-8-6-7-33(40-35)15-13-31-23-32(38)22-27(5)36(31)39/h6-10,21-24,29-30,34,37H,11-20H2,1-5H3. The molecule has 1 aliphatic carbocycles. The second-order valence-electron chi connectivity index (χ2n) is 13.3. The van der Waals surface area contributed by atoms with Crippen molar-refractivity contribution >= 4 is 0 Å². The van der Waals surface area contributed by atoms with Crippen LogP contribution in [0.2, 0.25) is 0 Å². The lowest BCUT2D eigenvalue weighted by Gasteiger charge is -2.50. The molecular weight excluding hydrogens is 510 g/mol. The Hall–Kier alpha value is -2.59. The van der Waals surface area contributed by atoms with Crippen LogP contribution >= 0.6 is 0 Å². The third-order valence-corrected chi connectivity index (χ3v) is 10.0. The Morgan fingerprint density at radius 1 is 0.829 bits per heavy atom. The van der Waals surface area contributed by atoms with Crippen LogP contribution in [0.15, 0.2) is 48.5 Å². The zero-order chi connectivity index (χ0) is 29.1. The van der Waals surface area contributed by atoms with Gasteiger partial charge in [0.1, 0.15) is 11.6 Å². The molecule has 5 rings (SSSR count). The molecule has 2 aromatic carbocycles. The minimum atomic E-state index is -0.373. The Labute approximate surface area is 246 Å². The van der Waals surface area contributed by atoms with E-state index < -0.39 is 0 Å². The molecule has 1 aliphatic heterocycles. The van der Waals surface area contributed by atoms with E-state index in [0.717, 1.165) is 49.2 Å². The van der Waals surface area contributed by atoms with E-state index in [4.69, 9.17) is 4.98 Å². The van der Waals surface area contributed by atoms with Gasteiger partial charge in [0, 0.05) is 23.3 Å². The fourth-order valence-electron chi connectivity index (χ4n) is 7.65. The first-order valence-corrected chi connectivity index (χ1v) is 15.9. The number of pyridine rings is 1. The Morgan fingerprint density at radius 3 is 2.29 bits per heavy atom. The molecule has 4 heteroatoms. The molecule has 0 bridgehead atoms. The van der Waals surface area contributed by atoms with Gasteiger partial charge in [-0.05, 0) is 150 Å². The fourth-order valence-corrected chi connectivity index (χ4v) is 7.65. The highest BCUT2D eigenvalue weighted by atomic mass is 19.1. The molecule has 0 radical (unpaired) electrons. The summed E-state index contributed by atoms with van der Waals surface area (Å²) in [6.07, 6.45) is 8.61. The van der Waals surface area contributed by atoms with Gasteiger partial charge in [0.05, 0.1) is 0 Å². The third-order valence-electron chi connectivity index (χ3n) is 10.0. The summed E-state index contributed by atoms with van der Waals surface area (Å²) in [4.78, 5) is 7.80. The molecule has 1 saturated carbocycles. The first kappa shape index (κ1) is 29.9. The van der Waals surface area contributed by atoms with E-state index >= 15 is 0 Å². The second-order valence-corrected chi connectivity index (χ2v) is 13.3. The van der Waals surface area contributed by atoms with Crippen molar-refractivity contribution in [2.75, 3.05) is 13.1 Å². The van der Waals surface area contributed by atoms with Gasteiger partial charge in [0.2, 0.25) is 0 Å². The largest absolute Gasteiger partial charge is 0.300 e. The zero-order valence-corrected chi connectivity index (χ0v) is 25.7. The quantitative estimate of drug-likeness (QED) is 0.247. The Balaban J connectivity index is 1.16. The summed E-state index contributed by atoms with van der Waals surface area (Å²) >= 11 is 0. The molecule has 3 aromatic rings. The predicted molar refractivity (Wildman–Crippen MR) is 165 cm³/mol. The Kier molecular flexibility index (Phi) is 9.59. The van der Waals surface area contributed by atoms with Crippen molar-refractivity contribution in [1.29, 1.82) is 0 Å². The minimum absolute atomic E-state index is 0.298. The number of aryl methyl sites for hydroxylation is 6. The van der Waals surface area contributed by atoms with Gasteiger partial charge in [-0.15, -0.1) is 0 Å². The molecule has 0 N–H and O–H groups in total. The van der Waals surface area contributed by atoms with Gasteiger partial charge in [-0.3, -0.25) is 9.88 Å². The predicted octanol–water partition coefficient (Wildman–Crippen LogP) is 8.93. The Bertz CT molecular complexity index is 1320. The molecule has 3 atom stereocenters. The molecule has 2 aliphatic rings. The van der Waals surface area contributed by atoms with E-state index in [1.54, 1.807) is 6.92 Å². The van der Waals surface area contributed by atoms with Crippen molar-refractivity contribution in [1.82, 2.24) is 9.88 Å². The van der Waals surface area contributed by atoms with Gasteiger partial charge < -0.3 is 0 Å². The smallest absolute Gasteiger partial charge is 0.129 e. The number of hydrogen-bond acceptors (Lipinski definition) is 2. The van der Waals surface area contributed by atoms with Crippen LogP contribution in [0.5, 0.6) is 0 Å². The topological polar surface area (TPSA) is 16.1 Å².